The Morgan fingerprint density at radius 3 is 2.77 bits per heavy atom. The Morgan fingerprint density at radius 2 is 2.03 bits per heavy atom. The average Bonchev–Trinajstić information content (AvgIpc) is 3.11. The Bertz CT molecular complexity index is 1090. The number of benzene rings is 2. The average molecular weight is 419 g/mol. The topological polar surface area (TPSA) is 70.4 Å². The molecule has 1 amide bonds. The molecule has 5 rings (SSSR count). The molecule has 0 unspecified atom stereocenters. The van der Waals surface area contributed by atoms with Gasteiger partial charge < -0.3 is 15.0 Å². The smallest absolute Gasteiger partial charge is 0.412 e. The maximum Gasteiger partial charge on any atom is 0.412 e. The van der Waals surface area contributed by atoms with Crippen molar-refractivity contribution in [3.8, 4) is 0 Å². The number of nitrogens with one attached hydrogen (secondary N) is 1. The molecule has 2 aliphatic heterocycles. The number of carboxylic acid groups (broad SMARTS) is 1. The number of hydrogen-bond donors (Lipinski definition) is 2. The van der Waals surface area contributed by atoms with Crippen LogP contribution in [0, 0.1) is 5.92 Å². The van der Waals surface area contributed by atoms with E-state index in [0.717, 1.165) is 67.0 Å². The van der Waals surface area contributed by atoms with Crippen LogP contribution >= 0.6 is 0 Å². The van der Waals surface area contributed by atoms with E-state index >= 15 is 0 Å². The van der Waals surface area contributed by atoms with Gasteiger partial charge in [0.1, 0.15) is 5.82 Å². The molecule has 3 heterocycles. The molecule has 3 aromatic rings. The Hall–Kier alpha value is -2.86. The quantitative estimate of drug-likeness (QED) is 0.657. The van der Waals surface area contributed by atoms with Gasteiger partial charge in [0.25, 0.3) is 0 Å². The van der Waals surface area contributed by atoms with Crippen LogP contribution in [0.4, 0.5) is 10.5 Å². The fraction of sp³-hybridized carbons (Fsp3) is 0.440. The summed E-state index contributed by atoms with van der Waals surface area (Å²) in [5.74, 6) is 1.66. The lowest BCUT2D eigenvalue weighted by Gasteiger charge is -2.33. The Balaban J connectivity index is 1.61. The number of fused-ring (bicyclic) bond motifs is 3. The van der Waals surface area contributed by atoms with E-state index < -0.39 is 6.09 Å². The van der Waals surface area contributed by atoms with E-state index in [1.165, 1.54) is 23.3 Å². The van der Waals surface area contributed by atoms with Crippen LogP contribution in [0.15, 0.2) is 42.5 Å². The van der Waals surface area contributed by atoms with Gasteiger partial charge in [-0.25, -0.2) is 9.78 Å². The summed E-state index contributed by atoms with van der Waals surface area (Å²) >= 11 is 0. The molecule has 162 valence electrons. The second-order valence-corrected chi connectivity index (χ2v) is 8.98. The second kappa shape index (κ2) is 8.35. The Labute approximate surface area is 182 Å². The lowest BCUT2D eigenvalue weighted by molar-refractivity contribution is 0.198. The Kier molecular flexibility index (Phi) is 5.40. The minimum absolute atomic E-state index is 0.0124. The number of carbonyl (C=O) groups is 1. The highest BCUT2D eigenvalue weighted by Crippen LogP contribution is 2.36. The van der Waals surface area contributed by atoms with Crippen molar-refractivity contribution in [2.75, 3.05) is 18.0 Å². The van der Waals surface area contributed by atoms with Gasteiger partial charge >= 0.3 is 6.09 Å². The molecular formula is C25H30N4O2. The van der Waals surface area contributed by atoms with Crippen molar-refractivity contribution in [1.29, 1.82) is 0 Å². The van der Waals surface area contributed by atoms with Crippen LogP contribution in [-0.4, -0.2) is 39.9 Å². The molecule has 0 aliphatic carbocycles. The number of aryl methyl sites for hydroxylation is 1. The van der Waals surface area contributed by atoms with Crippen LogP contribution in [-0.2, 0) is 19.4 Å². The van der Waals surface area contributed by atoms with Gasteiger partial charge in [-0.3, -0.25) is 4.90 Å². The second-order valence-electron chi connectivity index (χ2n) is 8.98. The highest BCUT2D eigenvalue weighted by molar-refractivity contribution is 5.94. The number of hydrogen-bond acceptors (Lipinski definition) is 3. The molecule has 6 nitrogen and oxygen atoms in total. The molecule has 6 heteroatoms. The van der Waals surface area contributed by atoms with Crippen molar-refractivity contribution < 1.29 is 9.90 Å². The normalized spacial score (nSPS) is 21.3. The summed E-state index contributed by atoms with van der Waals surface area (Å²) in [7, 11) is 0. The predicted molar refractivity (Wildman–Crippen MR) is 123 cm³/mol. The van der Waals surface area contributed by atoms with Crippen LogP contribution in [0.2, 0.25) is 0 Å². The molecule has 2 atom stereocenters. The van der Waals surface area contributed by atoms with Crippen molar-refractivity contribution >= 4 is 22.8 Å². The lowest BCUT2D eigenvalue weighted by Crippen LogP contribution is -2.41. The molecule has 0 saturated carbocycles. The summed E-state index contributed by atoms with van der Waals surface area (Å²) in [6.07, 6.45) is 4.03. The third kappa shape index (κ3) is 3.81. The van der Waals surface area contributed by atoms with E-state index in [2.05, 4.69) is 40.2 Å². The highest BCUT2D eigenvalue weighted by Gasteiger charge is 2.31. The summed E-state index contributed by atoms with van der Waals surface area (Å²) in [5.41, 5.74) is 5.23. The molecular weight excluding hydrogens is 388 g/mol. The van der Waals surface area contributed by atoms with Crippen molar-refractivity contribution in [2.45, 2.75) is 51.6 Å². The van der Waals surface area contributed by atoms with Gasteiger partial charge in [0.15, 0.2) is 0 Å². The van der Waals surface area contributed by atoms with Gasteiger partial charge in [-0.2, -0.15) is 0 Å². The van der Waals surface area contributed by atoms with Gasteiger partial charge in [-0.1, -0.05) is 30.3 Å². The van der Waals surface area contributed by atoms with Gasteiger partial charge in [-0.05, 0) is 69.3 Å². The molecule has 0 spiro atoms. The standard InChI is InChI=1S/C25H30N4O2/c1-17-9-10-20-21(29(17)25(30)31)11-12-22-24(20)27-23(14-18-6-3-2-4-7-18)28(22)16-19-8-5-13-26-15-19/h2-4,6-7,11-12,17,19,26H,5,8-10,13-16H2,1H3,(H,30,31)/t17-,19-/m0/s1. The third-order valence-electron chi connectivity index (χ3n) is 6.84. The molecule has 1 aromatic heterocycles. The molecule has 2 aliphatic rings. The first-order valence-electron chi connectivity index (χ1n) is 11.4. The Morgan fingerprint density at radius 1 is 1.19 bits per heavy atom. The van der Waals surface area contributed by atoms with E-state index in [1.54, 1.807) is 0 Å². The highest BCUT2D eigenvalue weighted by atomic mass is 16.4. The van der Waals surface area contributed by atoms with Crippen LogP contribution in [0.3, 0.4) is 0 Å². The number of nitrogens with zero attached hydrogens (tertiary/aromatic N) is 3. The summed E-state index contributed by atoms with van der Waals surface area (Å²) in [6.45, 7) is 5.08. The van der Waals surface area contributed by atoms with Gasteiger partial charge in [0, 0.05) is 24.6 Å². The largest absolute Gasteiger partial charge is 0.465 e. The van der Waals surface area contributed by atoms with Gasteiger partial charge in [-0.15, -0.1) is 0 Å². The van der Waals surface area contributed by atoms with Crippen LogP contribution in [0.1, 0.15) is 43.1 Å². The summed E-state index contributed by atoms with van der Waals surface area (Å²) in [4.78, 5) is 18.6. The SMILES string of the molecule is C[C@H]1CCc2c(ccc3c2nc(Cc2ccccc2)n3C[C@H]2CCCNC2)N1C(=O)O. The number of rotatable bonds is 4. The monoisotopic (exact) mass is 418 g/mol. The lowest BCUT2D eigenvalue weighted by atomic mass is 9.95. The summed E-state index contributed by atoms with van der Waals surface area (Å²) in [6, 6.07) is 14.5. The van der Waals surface area contributed by atoms with E-state index in [4.69, 9.17) is 4.98 Å². The number of aromatic nitrogens is 2. The first kappa shape index (κ1) is 20.1. The van der Waals surface area contributed by atoms with Crippen molar-refractivity contribution in [1.82, 2.24) is 14.9 Å². The van der Waals surface area contributed by atoms with Crippen LogP contribution < -0.4 is 10.2 Å². The summed E-state index contributed by atoms with van der Waals surface area (Å²) < 4.78 is 2.39. The maximum absolute atomic E-state index is 11.9. The molecule has 2 aromatic carbocycles. The zero-order chi connectivity index (χ0) is 21.4. The fourth-order valence-electron chi connectivity index (χ4n) is 5.22. The molecule has 31 heavy (non-hydrogen) atoms. The molecule has 1 fully saturated rings. The zero-order valence-electron chi connectivity index (χ0n) is 18.1. The van der Waals surface area contributed by atoms with Crippen LogP contribution in [0.25, 0.3) is 11.0 Å². The van der Waals surface area contributed by atoms with E-state index in [-0.39, 0.29) is 6.04 Å². The predicted octanol–water partition coefficient (Wildman–Crippen LogP) is 4.45. The first-order valence-corrected chi connectivity index (χ1v) is 11.4. The number of amides is 1. The van der Waals surface area contributed by atoms with E-state index in [1.807, 2.05) is 19.1 Å². The number of piperidine rings is 1. The molecule has 0 bridgehead atoms. The fourth-order valence-corrected chi connectivity index (χ4v) is 5.22. The third-order valence-corrected chi connectivity index (χ3v) is 6.84. The maximum atomic E-state index is 11.9. The summed E-state index contributed by atoms with van der Waals surface area (Å²) in [5, 5.41) is 13.3. The van der Waals surface area contributed by atoms with Crippen LogP contribution in [0.5, 0.6) is 0 Å². The van der Waals surface area contributed by atoms with Crippen molar-refractivity contribution in [3.05, 3.63) is 59.4 Å². The van der Waals surface area contributed by atoms with E-state index in [9.17, 15) is 9.90 Å². The molecule has 0 radical (unpaired) electrons. The molecule has 1 saturated heterocycles. The molecule has 2 N–H and O–H groups in total. The zero-order valence-corrected chi connectivity index (χ0v) is 18.1. The first-order chi connectivity index (χ1) is 15.1. The van der Waals surface area contributed by atoms with E-state index in [0.29, 0.717) is 5.92 Å². The van der Waals surface area contributed by atoms with Crippen molar-refractivity contribution in [2.24, 2.45) is 5.92 Å². The van der Waals surface area contributed by atoms with Gasteiger partial charge in [0.05, 0.1) is 16.7 Å². The number of anilines is 1. The minimum atomic E-state index is -0.884. The van der Waals surface area contributed by atoms with Gasteiger partial charge in [0.2, 0.25) is 0 Å². The van der Waals surface area contributed by atoms with Crippen molar-refractivity contribution in [3.63, 3.8) is 0 Å². The minimum Gasteiger partial charge on any atom is -0.465 e. The number of imidazole rings is 1.